The van der Waals surface area contributed by atoms with E-state index in [0.29, 0.717) is 17.6 Å². The highest BCUT2D eigenvalue weighted by molar-refractivity contribution is 5.60. The average molecular weight is 405 g/mol. The van der Waals surface area contributed by atoms with Crippen LogP contribution in [0.4, 0.5) is 0 Å². The summed E-state index contributed by atoms with van der Waals surface area (Å²) in [5.74, 6) is 3.61. The van der Waals surface area contributed by atoms with Crippen molar-refractivity contribution in [3.05, 3.63) is 54.1 Å². The van der Waals surface area contributed by atoms with Gasteiger partial charge in [-0.05, 0) is 67.3 Å². The molecule has 3 aromatic rings. The van der Waals surface area contributed by atoms with Crippen LogP contribution in [0.1, 0.15) is 69.8 Å². The van der Waals surface area contributed by atoms with Crippen molar-refractivity contribution >= 4 is 0 Å². The van der Waals surface area contributed by atoms with Crippen LogP contribution < -0.4 is 4.74 Å². The third-order valence-electron chi connectivity index (χ3n) is 6.47. The summed E-state index contributed by atoms with van der Waals surface area (Å²) in [7, 11) is 1.66. The van der Waals surface area contributed by atoms with Crippen LogP contribution >= 0.6 is 0 Å². The highest BCUT2D eigenvalue weighted by atomic mass is 16.5. The molecule has 1 aliphatic carbocycles. The van der Waals surface area contributed by atoms with Crippen molar-refractivity contribution in [1.82, 2.24) is 10.1 Å². The molecule has 0 spiro atoms. The molecule has 4 rings (SSSR count). The Hall–Kier alpha value is -2.62. The number of ether oxygens (including phenoxy) is 1. The SMILES string of the molecule is CCCCCC1CCC(c2ccc(-c3noc(-c4ccc(OC)cc4)n3)cc2)CC1. The Labute approximate surface area is 179 Å². The monoisotopic (exact) mass is 404 g/mol. The van der Waals surface area contributed by atoms with Crippen molar-refractivity contribution < 1.29 is 9.26 Å². The van der Waals surface area contributed by atoms with Gasteiger partial charge < -0.3 is 9.26 Å². The molecule has 4 heteroatoms. The topological polar surface area (TPSA) is 48.2 Å². The lowest BCUT2D eigenvalue weighted by Crippen LogP contribution is -2.13. The van der Waals surface area contributed by atoms with Gasteiger partial charge in [-0.25, -0.2) is 0 Å². The first kappa shape index (κ1) is 20.6. The van der Waals surface area contributed by atoms with Gasteiger partial charge in [0.15, 0.2) is 0 Å². The van der Waals surface area contributed by atoms with Crippen LogP contribution in [0.3, 0.4) is 0 Å². The first-order valence-corrected chi connectivity index (χ1v) is 11.3. The van der Waals surface area contributed by atoms with E-state index in [-0.39, 0.29) is 0 Å². The van der Waals surface area contributed by atoms with Gasteiger partial charge in [0.1, 0.15) is 5.75 Å². The van der Waals surface area contributed by atoms with E-state index >= 15 is 0 Å². The molecule has 0 bridgehead atoms. The lowest BCUT2D eigenvalue weighted by atomic mass is 9.77. The number of unbranched alkanes of at least 4 members (excludes halogenated alkanes) is 2. The number of methoxy groups -OCH3 is 1. The predicted molar refractivity (Wildman–Crippen MR) is 121 cm³/mol. The molecule has 1 aliphatic rings. The molecular weight excluding hydrogens is 372 g/mol. The molecule has 1 saturated carbocycles. The Morgan fingerprint density at radius 2 is 1.60 bits per heavy atom. The lowest BCUT2D eigenvalue weighted by Gasteiger charge is -2.29. The van der Waals surface area contributed by atoms with Gasteiger partial charge >= 0.3 is 0 Å². The Bertz CT molecular complexity index is 907. The highest BCUT2D eigenvalue weighted by Gasteiger charge is 2.22. The number of benzene rings is 2. The van der Waals surface area contributed by atoms with Crippen molar-refractivity contribution in [2.45, 2.75) is 64.2 Å². The fourth-order valence-corrected chi connectivity index (χ4v) is 4.56. The van der Waals surface area contributed by atoms with Crippen LogP contribution in [0.25, 0.3) is 22.8 Å². The second kappa shape index (κ2) is 9.92. The molecule has 158 valence electrons. The zero-order valence-corrected chi connectivity index (χ0v) is 18.1. The third kappa shape index (κ3) is 4.92. The predicted octanol–water partition coefficient (Wildman–Crippen LogP) is 7.27. The van der Waals surface area contributed by atoms with Crippen LogP contribution in [0.15, 0.2) is 53.1 Å². The summed E-state index contributed by atoms with van der Waals surface area (Å²) in [5.41, 5.74) is 3.34. The molecule has 1 heterocycles. The Kier molecular flexibility index (Phi) is 6.83. The molecule has 0 saturated heterocycles. The van der Waals surface area contributed by atoms with E-state index in [9.17, 15) is 0 Å². The number of aromatic nitrogens is 2. The quantitative estimate of drug-likeness (QED) is 0.370. The number of hydrogen-bond acceptors (Lipinski definition) is 4. The summed E-state index contributed by atoms with van der Waals surface area (Å²) in [6, 6.07) is 16.4. The van der Waals surface area contributed by atoms with Crippen molar-refractivity contribution in [3.63, 3.8) is 0 Å². The molecule has 4 nitrogen and oxygen atoms in total. The van der Waals surface area contributed by atoms with Crippen LogP contribution in [0.2, 0.25) is 0 Å². The van der Waals surface area contributed by atoms with Crippen molar-refractivity contribution in [2.24, 2.45) is 5.92 Å². The minimum Gasteiger partial charge on any atom is -0.497 e. The average Bonchev–Trinajstić information content (AvgIpc) is 3.30. The van der Waals surface area contributed by atoms with Crippen LogP contribution in [-0.2, 0) is 0 Å². The van der Waals surface area contributed by atoms with Gasteiger partial charge in [0, 0.05) is 11.1 Å². The Morgan fingerprint density at radius 1 is 0.900 bits per heavy atom. The minimum atomic E-state index is 0.526. The molecule has 0 radical (unpaired) electrons. The zero-order chi connectivity index (χ0) is 20.8. The molecular formula is C26H32N2O2. The summed E-state index contributed by atoms with van der Waals surface area (Å²) >= 11 is 0. The fraction of sp³-hybridized carbons (Fsp3) is 0.462. The second-order valence-corrected chi connectivity index (χ2v) is 8.49. The number of hydrogen-bond donors (Lipinski definition) is 0. The number of nitrogens with zero attached hydrogens (tertiary/aromatic N) is 2. The molecule has 30 heavy (non-hydrogen) atoms. The van der Waals surface area contributed by atoms with E-state index in [4.69, 9.17) is 9.26 Å². The van der Waals surface area contributed by atoms with E-state index in [1.807, 2.05) is 24.3 Å². The van der Waals surface area contributed by atoms with Crippen LogP contribution in [0.5, 0.6) is 5.75 Å². The van der Waals surface area contributed by atoms with E-state index in [0.717, 1.165) is 22.8 Å². The molecule has 0 amide bonds. The Balaban J connectivity index is 1.37. The van der Waals surface area contributed by atoms with Gasteiger partial charge in [0.2, 0.25) is 5.82 Å². The van der Waals surface area contributed by atoms with E-state index < -0.39 is 0 Å². The van der Waals surface area contributed by atoms with Crippen molar-refractivity contribution in [1.29, 1.82) is 0 Å². The van der Waals surface area contributed by atoms with Gasteiger partial charge in [-0.15, -0.1) is 0 Å². The maximum atomic E-state index is 5.48. The standard InChI is InChI=1S/C26H32N2O2/c1-3-4-5-6-19-7-9-20(10-8-19)21-11-13-22(14-12-21)25-27-26(30-28-25)23-15-17-24(29-2)18-16-23/h11-20H,3-10H2,1-2H3. The smallest absolute Gasteiger partial charge is 0.258 e. The molecule has 0 atom stereocenters. The second-order valence-electron chi connectivity index (χ2n) is 8.49. The summed E-state index contributed by atoms with van der Waals surface area (Å²) in [6.45, 7) is 2.29. The largest absolute Gasteiger partial charge is 0.497 e. The molecule has 1 aromatic heterocycles. The maximum absolute atomic E-state index is 5.48. The first-order valence-electron chi connectivity index (χ1n) is 11.3. The van der Waals surface area contributed by atoms with Gasteiger partial charge in [-0.1, -0.05) is 62.0 Å². The lowest BCUT2D eigenvalue weighted by molar-refractivity contribution is 0.303. The summed E-state index contributed by atoms with van der Waals surface area (Å²) < 4.78 is 10.7. The normalized spacial score (nSPS) is 19.0. The molecule has 0 aliphatic heterocycles. The summed E-state index contributed by atoms with van der Waals surface area (Å²) in [6.07, 6.45) is 10.9. The fourth-order valence-electron chi connectivity index (χ4n) is 4.56. The van der Waals surface area contributed by atoms with E-state index in [2.05, 4.69) is 41.3 Å². The van der Waals surface area contributed by atoms with Crippen molar-refractivity contribution in [2.75, 3.05) is 7.11 Å². The van der Waals surface area contributed by atoms with Gasteiger partial charge in [0.05, 0.1) is 7.11 Å². The van der Waals surface area contributed by atoms with Crippen LogP contribution in [0, 0.1) is 5.92 Å². The maximum Gasteiger partial charge on any atom is 0.258 e. The molecule has 1 fully saturated rings. The molecule has 0 unspecified atom stereocenters. The summed E-state index contributed by atoms with van der Waals surface area (Å²) in [4.78, 5) is 4.58. The molecule has 2 aromatic carbocycles. The summed E-state index contributed by atoms with van der Waals surface area (Å²) in [5, 5.41) is 4.18. The molecule has 0 N–H and O–H groups in total. The van der Waals surface area contributed by atoms with E-state index in [1.54, 1.807) is 7.11 Å². The van der Waals surface area contributed by atoms with Gasteiger partial charge in [-0.2, -0.15) is 4.98 Å². The van der Waals surface area contributed by atoms with Gasteiger partial charge in [-0.3, -0.25) is 0 Å². The number of rotatable bonds is 8. The zero-order valence-electron chi connectivity index (χ0n) is 18.1. The van der Waals surface area contributed by atoms with E-state index in [1.165, 1.54) is 56.9 Å². The third-order valence-corrected chi connectivity index (χ3v) is 6.47. The minimum absolute atomic E-state index is 0.526. The highest BCUT2D eigenvalue weighted by Crippen LogP contribution is 2.38. The Morgan fingerprint density at radius 3 is 2.27 bits per heavy atom. The van der Waals surface area contributed by atoms with Gasteiger partial charge in [0.25, 0.3) is 5.89 Å². The first-order chi connectivity index (χ1) is 14.8. The van der Waals surface area contributed by atoms with Crippen LogP contribution in [-0.4, -0.2) is 17.3 Å². The van der Waals surface area contributed by atoms with Crippen molar-refractivity contribution in [3.8, 4) is 28.6 Å².